The first-order chi connectivity index (χ1) is 14.0. The maximum atomic E-state index is 5.45. The van der Waals surface area contributed by atoms with Crippen LogP contribution in [0.2, 0.25) is 0 Å². The Bertz CT molecular complexity index is 1010. The van der Waals surface area contributed by atoms with Crippen LogP contribution in [0.4, 0.5) is 0 Å². The van der Waals surface area contributed by atoms with Gasteiger partial charge in [0, 0.05) is 37.0 Å². The van der Waals surface area contributed by atoms with E-state index in [9.17, 15) is 0 Å². The molecule has 0 aliphatic carbocycles. The van der Waals surface area contributed by atoms with E-state index >= 15 is 0 Å². The summed E-state index contributed by atoms with van der Waals surface area (Å²) < 4.78 is 7.49. The number of aromatic nitrogens is 4. The standard InChI is InChI=1S/C22H28N6O.ClH/c1-15-5-7-18(8-6-15)14-28-17(3)19(16(2)25-28)9-10-21-24-22(26-29-21)20-13-23-11-12-27(20)4;/h5-10,20,23H,11-14H2,1-4H3;1H/b10-9+;. The van der Waals surface area contributed by atoms with Crippen LogP contribution in [-0.2, 0) is 6.54 Å². The molecule has 1 atom stereocenters. The fourth-order valence-corrected chi connectivity index (χ4v) is 3.67. The highest BCUT2D eigenvalue weighted by molar-refractivity contribution is 5.85. The molecule has 3 aromatic rings. The molecule has 1 unspecified atom stereocenters. The van der Waals surface area contributed by atoms with Crippen LogP contribution in [0.5, 0.6) is 0 Å². The summed E-state index contributed by atoms with van der Waals surface area (Å²) in [7, 11) is 2.09. The Hall–Kier alpha value is -2.48. The van der Waals surface area contributed by atoms with Crippen molar-refractivity contribution in [1.29, 1.82) is 0 Å². The lowest BCUT2D eigenvalue weighted by atomic mass is 10.1. The number of benzene rings is 1. The molecule has 0 amide bonds. The molecule has 3 heterocycles. The maximum Gasteiger partial charge on any atom is 0.250 e. The third-order valence-corrected chi connectivity index (χ3v) is 5.55. The SMILES string of the molecule is Cc1ccc(Cn2nc(C)c(/C=C/c3nc(C4CNCCN4C)no3)c2C)cc1.Cl. The summed E-state index contributed by atoms with van der Waals surface area (Å²) in [6, 6.07) is 8.72. The van der Waals surface area contributed by atoms with Crippen LogP contribution < -0.4 is 5.32 Å². The van der Waals surface area contributed by atoms with E-state index in [-0.39, 0.29) is 18.4 Å². The topological polar surface area (TPSA) is 72.0 Å². The van der Waals surface area contributed by atoms with Crippen molar-refractivity contribution in [3.8, 4) is 0 Å². The van der Waals surface area contributed by atoms with E-state index < -0.39 is 0 Å². The van der Waals surface area contributed by atoms with Crippen molar-refractivity contribution in [2.45, 2.75) is 33.4 Å². The van der Waals surface area contributed by atoms with E-state index in [4.69, 9.17) is 9.62 Å². The summed E-state index contributed by atoms with van der Waals surface area (Å²) in [5, 5.41) is 12.3. The maximum absolute atomic E-state index is 5.45. The number of hydrogen-bond donors (Lipinski definition) is 1. The number of likely N-dealkylation sites (N-methyl/N-ethyl adjacent to an activating group) is 1. The van der Waals surface area contributed by atoms with Gasteiger partial charge in [-0.15, -0.1) is 12.4 Å². The number of nitrogens with one attached hydrogen (secondary N) is 1. The van der Waals surface area contributed by atoms with Crippen LogP contribution in [0.15, 0.2) is 28.8 Å². The third-order valence-electron chi connectivity index (χ3n) is 5.55. The molecular weight excluding hydrogens is 400 g/mol. The molecule has 1 N–H and O–H groups in total. The van der Waals surface area contributed by atoms with Gasteiger partial charge in [0.2, 0.25) is 0 Å². The Morgan fingerprint density at radius 3 is 2.67 bits per heavy atom. The van der Waals surface area contributed by atoms with Gasteiger partial charge in [-0.25, -0.2) is 0 Å². The second-order valence-corrected chi connectivity index (χ2v) is 7.75. The summed E-state index contributed by atoms with van der Waals surface area (Å²) in [6.07, 6.45) is 3.89. The van der Waals surface area contributed by atoms with Crippen molar-refractivity contribution in [3.05, 3.63) is 64.1 Å². The molecule has 0 radical (unpaired) electrons. The molecule has 1 aliphatic rings. The quantitative estimate of drug-likeness (QED) is 0.671. The normalized spacial score (nSPS) is 17.4. The van der Waals surface area contributed by atoms with E-state index in [2.05, 4.69) is 65.5 Å². The molecule has 160 valence electrons. The van der Waals surface area contributed by atoms with Gasteiger partial charge in [0.25, 0.3) is 5.89 Å². The lowest BCUT2D eigenvalue weighted by Crippen LogP contribution is -2.44. The highest BCUT2D eigenvalue weighted by Crippen LogP contribution is 2.20. The average molecular weight is 429 g/mol. The van der Waals surface area contributed by atoms with Crippen molar-refractivity contribution < 1.29 is 4.52 Å². The lowest BCUT2D eigenvalue weighted by Gasteiger charge is -2.30. The number of halogens is 1. The molecule has 0 saturated carbocycles. The summed E-state index contributed by atoms with van der Waals surface area (Å²) >= 11 is 0. The van der Waals surface area contributed by atoms with Gasteiger partial charge < -0.3 is 9.84 Å². The Kier molecular flexibility index (Phi) is 7.07. The van der Waals surface area contributed by atoms with E-state index in [1.807, 2.05) is 23.8 Å². The molecule has 1 fully saturated rings. The Morgan fingerprint density at radius 2 is 1.93 bits per heavy atom. The summed E-state index contributed by atoms with van der Waals surface area (Å²) in [6.45, 7) is 9.78. The number of nitrogens with zero attached hydrogens (tertiary/aromatic N) is 5. The Labute approximate surface area is 183 Å². The molecule has 1 aliphatic heterocycles. The van der Waals surface area contributed by atoms with Gasteiger partial charge in [-0.3, -0.25) is 9.58 Å². The fourth-order valence-electron chi connectivity index (χ4n) is 3.67. The lowest BCUT2D eigenvalue weighted by molar-refractivity contribution is 0.190. The summed E-state index contributed by atoms with van der Waals surface area (Å²) in [5.74, 6) is 1.24. The van der Waals surface area contributed by atoms with E-state index in [0.29, 0.717) is 5.89 Å². The predicted molar refractivity (Wildman–Crippen MR) is 121 cm³/mol. The predicted octanol–water partition coefficient (Wildman–Crippen LogP) is 3.41. The van der Waals surface area contributed by atoms with E-state index in [1.54, 1.807) is 0 Å². The number of hydrogen-bond acceptors (Lipinski definition) is 6. The van der Waals surface area contributed by atoms with Crippen LogP contribution in [0, 0.1) is 20.8 Å². The van der Waals surface area contributed by atoms with Gasteiger partial charge in [-0.05, 0) is 39.5 Å². The molecular formula is C22H29ClN6O. The first-order valence-electron chi connectivity index (χ1n) is 10.0. The fraction of sp³-hybridized carbons (Fsp3) is 0.409. The van der Waals surface area contributed by atoms with Gasteiger partial charge in [-0.2, -0.15) is 10.1 Å². The first-order valence-corrected chi connectivity index (χ1v) is 10.0. The third kappa shape index (κ3) is 4.80. The van der Waals surface area contributed by atoms with Crippen LogP contribution in [0.25, 0.3) is 12.2 Å². The molecule has 1 aromatic carbocycles. The number of rotatable bonds is 5. The molecule has 0 spiro atoms. The molecule has 1 saturated heterocycles. The zero-order valence-electron chi connectivity index (χ0n) is 17.9. The molecule has 8 heteroatoms. The second kappa shape index (κ2) is 9.55. The minimum atomic E-state index is 0. The zero-order valence-corrected chi connectivity index (χ0v) is 18.7. The minimum Gasteiger partial charge on any atom is -0.335 e. The number of aryl methyl sites for hydroxylation is 2. The van der Waals surface area contributed by atoms with Crippen LogP contribution in [0.1, 0.15) is 45.8 Å². The molecule has 0 bridgehead atoms. The van der Waals surface area contributed by atoms with Crippen molar-refractivity contribution in [2.24, 2.45) is 0 Å². The molecule has 7 nitrogen and oxygen atoms in total. The average Bonchev–Trinajstić information content (AvgIpc) is 3.27. The van der Waals surface area contributed by atoms with Crippen molar-refractivity contribution in [1.82, 2.24) is 30.1 Å². The van der Waals surface area contributed by atoms with E-state index in [1.165, 1.54) is 11.1 Å². The zero-order chi connectivity index (χ0) is 20.4. The summed E-state index contributed by atoms with van der Waals surface area (Å²) in [5.41, 5.74) is 5.70. The smallest absolute Gasteiger partial charge is 0.250 e. The van der Waals surface area contributed by atoms with Crippen molar-refractivity contribution in [3.63, 3.8) is 0 Å². The van der Waals surface area contributed by atoms with Crippen LogP contribution >= 0.6 is 12.4 Å². The van der Waals surface area contributed by atoms with Crippen molar-refractivity contribution >= 4 is 24.6 Å². The Morgan fingerprint density at radius 1 is 1.17 bits per heavy atom. The van der Waals surface area contributed by atoms with Gasteiger partial charge in [0.1, 0.15) is 0 Å². The van der Waals surface area contributed by atoms with Crippen LogP contribution in [-0.4, -0.2) is 51.5 Å². The summed E-state index contributed by atoms with van der Waals surface area (Å²) in [4.78, 5) is 6.82. The van der Waals surface area contributed by atoms with Crippen LogP contribution in [0.3, 0.4) is 0 Å². The van der Waals surface area contributed by atoms with Gasteiger partial charge in [0.15, 0.2) is 5.82 Å². The van der Waals surface area contributed by atoms with Gasteiger partial charge in [-0.1, -0.05) is 35.0 Å². The minimum absolute atomic E-state index is 0. The molecule has 30 heavy (non-hydrogen) atoms. The molecule has 4 rings (SSSR count). The van der Waals surface area contributed by atoms with E-state index in [0.717, 1.165) is 49.0 Å². The Balaban J connectivity index is 0.00000256. The van der Waals surface area contributed by atoms with Gasteiger partial charge in [0.05, 0.1) is 18.3 Å². The van der Waals surface area contributed by atoms with Gasteiger partial charge >= 0.3 is 0 Å². The highest BCUT2D eigenvalue weighted by atomic mass is 35.5. The molecule has 2 aromatic heterocycles. The largest absolute Gasteiger partial charge is 0.335 e. The second-order valence-electron chi connectivity index (χ2n) is 7.75. The highest BCUT2D eigenvalue weighted by Gasteiger charge is 2.24. The monoisotopic (exact) mass is 428 g/mol. The number of piperazine rings is 1. The first kappa shape index (κ1) is 22.2. The van der Waals surface area contributed by atoms with Crippen molar-refractivity contribution in [2.75, 3.05) is 26.7 Å².